The molecule has 0 aromatic carbocycles. The van der Waals surface area contributed by atoms with Gasteiger partial charge in [-0.3, -0.25) is 0 Å². The molecule has 0 aliphatic heterocycles. The number of aliphatic hydroxyl groups is 1. The van der Waals surface area contributed by atoms with Gasteiger partial charge in [-0.25, -0.2) is 0 Å². The molecular formula is C10H19NO. The zero-order valence-corrected chi connectivity index (χ0v) is 7.63. The highest BCUT2D eigenvalue weighted by molar-refractivity contribution is 4.96. The van der Waals surface area contributed by atoms with Gasteiger partial charge in [0.2, 0.25) is 0 Å². The topological polar surface area (TPSA) is 46.2 Å². The van der Waals surface area contributed by atoms with Gasteiger partial charge in [0.25, 0.3) is 0 Å². The van der Waals surface area contributed by atoms with Gasteiger partial charge in [0.15, 0.2) is 0 Å². The van der Waals surface area contributed by atoms with Crippen LogP contribution in [0.25, 0.3) is 0 Å². The first-order valence-electron chi connectivity index (χ1n) is 5.17. The van der Waals surface area contributed by atoms with Gasteiger partial charge in [-0.1, -0.05) is 12.8 Å². The lowest BCUT2D eigenvalue weighted by molar-refractivity contribution is 0.0146. The number of rotatable bonds is 5. The molecule has 1 unspecified atom stereocenters. The molecule has 2 aliphatic rings. The van der Waals surface area contributed by atoms with Crippen LogP contribution in [0.5, 0.6) is 0 Å². The summed E-state index contributed by atoms with van der Waals surface area (Å²) in [5.74, 6) is 1.45. The quantitative estimate of drug-likeness (QED) is 0.651. The Hall–Kier alpha value is -0.0800. The van der Waals surface area contributed by atoms with Gasteiger partial charge >= 0.3 is 0 Å². The molecule has 0 radical (unpaired) electrons. The van der Waals surface area contributed by atoms with E-state index in [4.69, 9.17) is 5.73 Å². The van der Waals surface area contributed by atoms with Crippen LogP contribution in [0.15, 0.2) is 0 Å². The van der Waals surface area contributed by atoms with Crippen LogP contribution in [0.2, 0.25) is 0 Å². The molecule has 0 bridgehead atoms. The molecule has 0 heterocycles. The second kappa shape index (κ2) is 3.00. The molecule has 2 saturated carbocycles. The highest BCUT2D eigenvalue weighted by atomic mass is 16.3. The minimum Gasteiger partial charge on any atom is -0.388 e. The third kappa shape index (κ3) is 1.80. The first-order chi connectivity index (χ1) is 5.74. The fourth-order valence-corrected chi connectivity index (χ4v) is 1.95. The summed E-state index contributed by atoms with van der Waals surface area (Å²) in [6, 6.07) is 0. The van der Waals surface area contributed by atoms with Crippen molar-refractivity contribution in [3.05, 3.63) is 0 Å². The molecule has 12 heavy (non-hydrogen) atoms. The van der Waals surface area contributed by atoms with Crippen molar-refractivity contribution in [2.75, 3.05) is 6.54 Å². The molecule has 2 nitrogen and oxygen atoms in total. The van der Waals surface area contributed by atoms with Crippen LogP contribution in [0, 0.1) is 11.8 Å². The Kier molecular flexibility index (Phi) is 2.13. The molecule has 0 amide bonds. The van der Waals surface area contributed by atoms with Crippen LogP contribution >= 0.6 is 0 Å². The summed E-state index contributed by atoms with van der Waals surface area (Å²) in [6.45, 7) is 0.463. The minimum atomic E-state index is -0.497. The van der Waals surface area contributed by atoms with Crippen molar-refractivity contribution in [1.29, 1.82) is 0 Å². The van der Waals surface area contributed by atoms with E-state index >= 15 is 0 Å². The molecular weight excluding hydrogens is 150 g/mol. The number of nitrogens with two attached hydrogens (primary N) is 1. The highest BCUT2D eigenvalue weighted by Crippen LogP contribution is 2.44. The summed E-state index contributed by atoms with van der Waals surface area (Å²) in [7, 11) is 0. The summed E-state index contributed by atoms with van der Waals surface area (Å²) < 4.78 is 0. The van der Waals surface area contributed by atoms with Crippen molar-refractivity contribution < 1.29 is 5.11 Å². The first kappa shape index (κ1) is 8.52. The van der Waals surface area contributed by atoms with Crippen molar-refractivity contribution in [3.63, 3.8) is 0 Å². The molecule has 2 heteroatoms. The third-order valence-electron chi connectivity index (χ3n) is 3.37. The van der Waals surface area contributed by atoms with E-state index in [1.807, 2.05) is 0 Å². The van der Waals surface area contributed by atoms with Gasteiger partial charge in [0.1, 0.15) is 0 Å². The van der Waals surface area contributed by atoms with Crippen LogP contribution in [-0.2, 0) is 0 Å². The average Bonchev–Trinajstić information content (AvgIpc) is 2.88. The summed E-state index contributed by atoms with van der Waals surface area (Å²) in [4.78, 5) is 0. The third-order valence-corrected chi connectivity index (χ3v) is 3.37. The average molecular weight is 169 g/mol. The monoisotopic (exact) mass is 169 g/mol. The lowest BCUT2D eigenvalue weighted by atomic mass is 9.91. The number of hydrogen-bond donors (Lipinski definition) is 2. The summed E-state index contributed by atoms with van der Waals surface area (Å²) in [5.41, 5.74) is 5.11. The van der Waals surface area contributed by atoms with Crippen molar-refractivity contribution in [3.8, 4) is 0 Å². The van der Waals surface area contributed by atoms with E-state index in [0.29, 0.717) is 12.5 Å². The lowest BCUT2D eigenvalue weighted by Crippen LogP contribution is -2.40. The largest absolute Gasteiger partial charge is 0.388 e. The summed E-state index contributed by atoms with van der Waals surface area (Å²) in [5, 5.41) is 10.1. The Bertz CT molecular complexity index is 163. The number of hydrogen-bond acceptors (Lipinski definition) is 2. The van der Waals surface area contributed by atoms with Gasteiger partial charge in [0.05, 0.1) is 5.60 Å². The SMILES string of the molecule is NCC(O)(CCC1CC1)C1CC1. The Balaban J connectivity index is 1.78. The molecule has 70 valence electrons. The second-order valence-electron chi connectivity index (χ2n) is 4.56. The molecule has 1 atom stereocenters. The predicted octanol–water partition coefficient (Wildman–Crippen LogP) is 1.28. The van der Waals surface area contributed by atoms with E-state index in [0.717, 1.165) is 12.3 Å². The van der Waals surface area contributed by atoms with E-state index in [-0.39, 0.29) is 0 Å². The van der Waals surface area contributed by atoms with E-state index in [9.17, 15) is 5.11 Å². The highest BCUT2D eigenvalue weighted by Gasteiger charge is 2.43. The van der Waals surface area contributed by atoms with Crippen LogP contribution in [-0.4, -0.2) is 17.3 Å². The standard InChI is InChI=1S/C10H19NO/c11-7-10(12,9-3-4-9)6-5-8-1-2-8/h8-9,12H,1-7,11H2. The van der Waals surface area contributed by atoms with E-state index < -0.39 is 5.60 Å². The normalized spacial score (nSPS) is 28.5. The zero-order valence-electron chi connectivity index (χ0n) is 7.63. The Morgan fingerprint density at radius 1 is 1.25 bits per heavy atom. The molecule has 2 rings (SSSR count). The predicted molar refractivity (Wildman–Crippen MR) is 48.7 cm³/mol. The summed E-state index contributed by atoms with van der Waals surface area (Å²) in [6.07, 6.45) is 7.29. The Morgan fingerprint density at radius 3 is 2.33 bits per heavy atom. The van der Waals surface area contributed by atoms with Gasteiger partial charge in [-0.15, -0.1) is 0 Å². The van der Waals surface area contributed by atoms with E-state index in [1.165, 1.54) is 32.1 Å². The van der Waals surface area contributed by atoms with Crippen molar-refractivity contribution in [2.45, 2.75) is 44.1 Å². The smallest absolute Gasteiger partial charge is 0.0797 e. The van der Waals surface area contributed by atoms with Gasteiger partial charge in [0, 0.05) is 6.54 Å². The van der Waals surface area contributed by atoms with Gasteiger partial charge in [-0.2, -0.15) is 0 Å². The summed E-state index contributed by atoms with van der Waals surface area (Å²) >= 11 is 0. The minimum absolute atomic E-state index is 0.463. The maximum absolute atomic E-state index is 10.1. The van der Waals surface area contributed by atoms with E-state index in [1.54, 1.807) is 0 Å². The fraction of sp³-hybridized carbons (Fsp3) is 1.00. The zero-order chi connectivity index (χ0) is 8.60. The maximum Gasteiger partial charge on any atom is 0.0797 e. The molecule has 2 aliphatic carbocycles. The van der Waals surface area contributed by atoms with Crippen molar-refractivity contribution in [2.24, 2.45) is 17.6 Å². The molecule has 2 fully saturated rings. The van der Waals surface area contributed by atoms with Crippen molar-refractivity contribution in [1.82, 2.24) is 0 Å². The van der Waals surface area contributed by atoms with Crippen LogP contribution in [0.3, 0.4) is 0 Å². The Morgan fingerprint density at radius 2 is 1.92 bits per heavy atom. The fourth-order valence-electron chi connectivity index (χ4n) is 1.95. The lowest BCUT2D eigenvalue weighted by Gasteiger charge is -2.26. The molecule has 0 saturated heterocycles. The van der Waals surface area contributed by atoms with Crippen LogP contribution in [0.1, 0.15) is 38.5 Å². The van der Waals surface area contributed by atoms with Gasteiger partial charge in [-0.05, 0) is 37.5 Å². The van der Waals surface area contributed by atoms with Crippen LogP contribution < -0.4 is 5.73 Å². The molecule has 0 aromatic heterocycles. The van der Waals surface area contributed by atoms with E-state index in [2.05, 4.69) is 0 Å². The second-order valence-corrected chi connectivity index (χ2v) is 4.56. The van der Waals surface area contributed by atoms with Crippen molar-refractivity contribution >= 4 is 0 Å². The molecule has 0 spiro atoms. The first-order valence-corrected chi connectivity index (χ1v) is 5.17. The maximum atomic E-state index is 10.1. The molecule has 0 aromatic rings. The van der Waals surface area contributed by atoms with Crippen LogP contribution in [0.4, 0.5) is 0 Å². The Labute approximate surface area is 74.1 Å². The van der Waals surface area contributed by atoms with Gasteiger partial charge < -0.3 is 10.8 Å². The molecule has 3 N–H and O–H groups in total.